The van der Waals surface area contributed by atoms with Crippen LogP contribution in [0.5, 0.6) is 0 Å². The summed E-state index contributed by atoms with van der Waals surface area (Å²) in [6.07, 6.45) is 7.43. The molecule has 0 radical (unpaired) electrons. The summed E-state index contributed by atoms with van der Waals surface area (Å²) in [6.45, 7) is 0. The van der Waals surface area contributed by atoms with Gasteiger partial charge in [-0.25, -0.2) is 19.7 Å². The van der Waals surface area contributed by atoms with Gasteiger partial charge >= 0.3 is 0 Å². The van der Waals surface area contributed by atoms with Gasteiger partial charge in [0.15, 0.2) is 5.82 Å². The lowest BCUT2D eigenvalue weighted by Crippen LogP contribution is -1.95. The molecule has 0 aliphatic rings. The van der Waals surface area contributed by atoms with Gasteiger partial charge in [0, 0.05) is 24.8 Å². The third-order valence-electron chi connectivity index (χ3n) is 1.70. The molecule has 72 valence electrons. The summed E-state index contributed by atoms with van der Waals surface area (Å²) < 4.78 is 0. The molecular formula is C10H6N4O. The van der Waals surface area contributed by atoms with Crippen molar-refractivity contribution in [3.8, 4) is 11.5 Å². The molecule has 0 saturated heterocycles. The van der Waals surface area contributed by atoms with Crippen LogP contribution in [0.4, 0.5) is 0 Å². The van der Waals surface area contributed by atoms with Gasteiger partial charge in [0.1, 0.15) is 17.3 Å². The van der Waals surface area contributed by atoms with E-state index in [2.05, 4.69) is 19.9 Å². The van der Waals surface area contributed by atoms with Crippen LogP contribution in [0.3, 0.4) is 0 Å². The van der Waals surface area contributed by atoms with Crippen molar-refractivity contribution in [2.75, 3.05) is 0 Å². The quantitative estimate of drug-likeness (QED) is 0.667. The first-order valence-corrected chi connectivity index (χ1v) is 4.21. The van der Waals surface area contributed by atoms with Crippen LogP contribution in [0, 0.1) is 0 Å². The molecule has 0 bridgehead atoms. The molecule has 0 fully saturated rings. The second kappa shape index (κ2) is 4.21. The average molecular weight is 198 g/mol. The first-order valence-electron chi connectivity index (χ1n) is 4.21. The Morgan fingerprint density at radius 1 is 1.00 bits per heavy atom. The molecule has 0 N–H and O–H groups in total. The van der Waals surface area contributed by atoms with Crippen molar-refractivity contribution < 1.29 is 4.79 Å². The lowest BCUT2D eigenvalue weighted by atomic mass is 10.3. The Bertz CT molecular complexity index is 506. The van der Waals surface area contributed by atoms with Crippen LogP contribution in [0.2, 0.25) is 0 Å². The van der Waals surface area contributed by atoms with E-state index in [1.54, 1.807) is 24.4 Å². The van der Waals surface area contributed by atoms with E-state index < -0.39 is 0 Å². The van der Waals surface area contributed by atoms with Crippen molar-refractivity contribution in [1.82, 2.24) is 19.9 Å². The predicted molar refractivity (Wildman–Crippen MR) is 53.2 cm³/mol. The Morgan fingerprint density at radius 2 is 1.73 bits per heavy atom. The Kier molecular flexibility index (Phi) is 2.58. The second-order valence-corrected chi connectivity index (χ2v) is 2.62. The lowest BCUT2D eigenvalue weighted by molar-refractivity contribution is 0.570. The third-order valence-corrected chi connectivity index (χ3v) is 1.70. The summed E-state index contributed by atoms with van der Waals surface area (Å²) in [5, 5.41) is 0. The lowest BCUT2D eigenvalue weighted by Gasteiger charge is -1.99. The summed E-state index contributed by atoms with van der Waals surface area (Å²) >= 11 is 0. The molecule has 0 unspecified atom stereocenters. The molecule has 5 heteroatoms. The summed E-state index contributed by atoms with van der Waals surface area (Å²) in [4.78, 5) is 26.4. The molecule has 0 atom stereocenters. The minimum Gasteiger partial charge on any atom is -0.252 e. The summed E-state index contributed by atoms with van der Waals surface area (Å²) in [7, 11) is 0. The molecule has 5 nitrogen and oxygen atoms in total. The van der Waals surface area contributed by atoms with E-state index in [4.69, 9.17) is 0 Å². The van der Waals surface area contributed by atoms with Crippen LogP contribution in [0.1, 0.15) is 5.69 Å². The van der Waals surface area contributed by atoms with Crippen LogP contribution in [-0.4, -0.2) is 25.9 Å². The van der Waals surface area contributed by atoms with E-state index in [9.17, 15) is 4.79 Å². The van der Waals surface area contributed by atoms with E-state index >= 15 is 0 Å². The van der Waals surface area contributed by atoms with E-state index in [-0.39, 0.29) is 0 Å². The second-order valence-electron chi connectivity index (χ2n) is 2.62. The fraction of sp³-hybridized carbons (Fsp3) is 0. The third kappa shape index (κ3) is 1.92. The van der Waals surface area contributed by atoms with Crippen molar-refractivity contribution in [3.63, 3.8) is 0 Å². The maximum Gasteiger partial charge on any atom is 0.180 e. The molecule has 2 aromatic rings. The van der Waals surface area contributed by atoms with Crippen molar-refractivity contribution in [2.24, 2.45) is 0 Å². The van der Waals surface area contributed by atoms with E-state index in [0.717, 1.165) is 0 Å². The zero-order chi connectivity index (χ0) is 10.5. The number of hydrogen-bond donors (Lipinski definition) is 0. The van der Waals surface area contributed by atoms with Gasteiger partial charge in [-0.3, -0.25) is 4.98 Å². The Morgan fingerprint density at radius 3 is 2.47 bits per heavy atom. The molecule has 0 spiro atoms. The van der Waals surface area contributed by atoms with Gasteiger partial charge in [0.05, 0.1) is 6.08 Å². The Labute approximate surface area is 85.6 Å². The normalized spacial score (nSPS) is 9.33. The molecular weight excluding hydrogens is 192 g/mol. The number of rotatable bonds is 2. The molecule has 0 saturated carbocycles. The molecule has 2 rings (SSSR count). The van der Waals surface area contributed by atoms with E-state index in [1.807, 2.05) is 0 Å². The van der Waals surface area contributed by atoms with Crippen LogP contribution >= 0.6 is 0 Å². The highest BCUT2D eigenvalue weighted by Gasteiger charge is 2.07. The predicted octanol–water partition coefficient (Wildman–Crippen LogP) is 0.778. The topological polar surface area (TPSA) is 68.6 Å². The maximum atomic E-state index is 10.3. The van der Waals surface area contributed by atoms with Gasteiger partial charge < -0.3 is 0 Å². The van der Waals surface area contributed by atoms with Crippen molar-refractivity contribution in [3.05, 3.63) is 36.5 Å². The fourth-order valence-corrected chi connectivity index (χ4v) is 1.10. The first-order chi connectivity index (χ1) is 7.42. The van der Waals surface area contributed by atoms with Gasteiger partial charge in [-0.15, -0.1) is 0 Å². The van der Waals surface area contributed by atoms with Crippen LogP contribution < -0.4 is 0 Å². The molecule has 15 heavy (non-hydrogen) atoms. The van der Waals surface area contributed by atoms with Gasteiger partial charge in [-0.1, -0.05) is 0 Å². The average Bonchev–Trinajstić information content (AvgIpc) is 2.31. The molecule has 2 heterocycles. The summed E-state index contributed by atoms with van der Waals surface area (Å²) in [5.74, 6) is 2.10. The standard InChI is InChI=1S/C10H6N4O/c15-7-2-8-9(12-6-5-11-8)10-13-3-1-4-14-10/h1-6H. The number of carbonyl (C=O) groups excluding carboxylic acids is 1. The SMILES string of the molecule is O=C=Cc1nccnc1-c1ncccn1. The van der Waals surface area contributed by atoms with Gasteiger partial charge in [-0.2, -0.15) is 0 Å². The fourth-order valence-electron chi connectivity index (χ4n) is 1.10. The first kappa shape index (κ1) is 9.18. The van der Waals surface area contributed by atoms with Gasteiger partial charge in [0.25, 0.3) is 0 Å². The van der Waals surface area contributed by atoms with E-state index in [0.29, 0.717) is 17.2 Å². The largest absolute Gasteiger partial charge is 0.252 e. The van der Waals surface area contributed by atoms with Crippen LogP contribution in [-0.2, 0) is 4.79 Å². The Hall–Kier alpha value is -2.39. The zero-order valence-electron chi connectivity index (χ0n) is 7.66. The maximum absolute atomic E-state index is 10.3. The summed E-state index contributed by atoms with van der Waals surface area (Å²) in [5.41, 5.74) is 0.889. The molecule has 2 aromatic heterocycles. The zero-order valence-corrected chi connectivity index (χ0v) is 7.66. The monoisotopic (exact) mass is 198 g/mol. The highest BCUT2D eigenvalue weighted by molar-refractivity contribution is 5.78. The number of hydrogen-bond acceptors (Lipinski definition) is 5. The van der Waals surface area contributed by atoms with E-state index in [1.165, 1.54) is 18.5 Å². The van der Waals surface area contributed by atoms with Crippen LogP contribution in [0.15, 0.2) is 30.9 Å². The molecule has 0 aliphatic carbocycles. The van der Waals surface area contributed by atoms with Crippen molar-refractivity contribution >= 4 is 12.0 Å². The number of aromatic nitrogens is 4. The highest BCUT2D eigenvalue weighted by atomic mass is 16.1. The smallest absolute Gasteiger partial charge is 0.180 e. The van der Waals surface area contributed by atoms with Crippen molar-refractivity contribution in [2.45, 2.75) is 0 Å². The number of nitrogens with zero attached hydrogens (tertiary/aromatic N) is 4. The van der Waals surface area contributed by atoms with Crippen molar-refractivity contribution in [1.29, 1.82) is 0 Å². The van der Waals surface area contributed by atoms with Gasteiger partial charge in [-0.05, 0) is 6.07 Å². The molecule has 0 aromatic carbocycles. The molecule has 0 amide bonds. The minimum absolute atomic E-state index is 0.415. The van der Waals surface area contributed by atoms with Crippen LogP contribution in [0.25, 0.3) is 17.6 Å². The Balaban J connectivity index is 2.58. The molecule has 0 aliphatic heterocycles. The highest BCUT2D eigenvalue weighted by Crippen LogP contribution is 2.14. The van der Waals surface area contributed by atoms with Gasteiger partial charge in [0.2, 0.25) is 0 Å². The summed E-state index contributed by atoms with van der Waals surface area (Å²) in [6, 6.07) is 1.70. The minimum atomic E-state index is 0.415.